The summed E-state index contributed by atoms with van der Waals surface area (Å²) >= 11 is 12.6. The maximum Gasteiger partial charge on any atom is 0.264 e. The molecule has 3 aromatic rings. The molecule has 0 aromatic heterocycles. The van der Waals surface area contributed by atoms with Crippen LogP contribution in [-0.2, 0) is 26.2 Å². The number of halogens is 2. The van der Waals surface area contributed by atoms with Crippen molar-refractivity contribution in [2.75, 3.05) is 10.8 Å². The van der Waals surface area contributed by atoms with E-state index in [1.54, 1.807) is 25.1 Å². The van der Waals surface area contributed by atoms with E-state index >= 15 is 0 Å². The Morgan fingerprint density at radius 1 is 0.921 bits per heavy atom. The Bertz CT molecular complexity index is 1380. The molecule has 1 atom stereocenters. The minimum absolute atomic E-state index is 0.0143. The van der Waals surface area contributed by atoms with E-state index in [0.717, 1.165) is 15.4 Å². The zero-order chi connectivity index (χ0) is 28.0. The van der Waals surface area contributed by atoms with Crippen LogP contribution in [0.2, 0.25) is 10.0 Å². The number of sulfonamides is 1. The van der Waals surface area contributed by atoms with Crippen LogP contribution in [-0.4, -0.2) is 43.8 Å². The Labute approximate surface area is 234 Å². The Balaban J connectivity index is 2.06. The number of carbonyl (C=O) groups is 2. The zero-order valence-corrected chi connectivity index (χ0v) is 24.0. The maximum absolute atomic E-state index is 13.9. The SMILES string of the molecule is Cc1ccc(CN(C(=O)CN(c2cc(Cl)ccc2Cl)S(=O)(=O)c2ccccc2)[C@@H](C)C(=O)NC(C)C)cc1. The smallest absolute Gasteiger partial charge is 0.264 e. The lowest BCUT2D eigenvalue weighted by molar-refractivity contribution is -0.139. The van der Waals surface area contributed by atoms with Gasteiger partial charge in [-0.2, -0.15) is 0 Å². The van der Waals surface area contributed by atoms with Gasteiger partial charge >= 0.3 is 0 Å². The quantitative estimate of drug-likeness (QED) is 0.348. The molecule has 0 aliphatic rings. The highest BCUT2D eigenvalue weighted by Crippen LogP contribution is 2.33. The molecular formula is C28H31Cl2N3O4S. The monoisotopic (exact) mass is 575 g/mol. The first-order chi connectivity index (χ1) is 17.9. The van der Waals surface area contributed by atoms with Crippen LogP contribution in [0.3, 0.4) is 0 Å². The molecule has 7 nitrogen and oxygen atoms in total. The highest BCUT2D eigenvalue weighted by atomic mass is 35.5. The van der Waals surface area contributed by atoms with E-state index in [4.69, 9.17) is 23.2 Å². The number of amides is 2. The molecule has 0 heterocycles. The van der Waals surface area contributed by atoms with Crippen molar-refractivity contribution < 1.29 is 18.0 Å². The van der Waals surface area contributed by atoms with Crippen LogP contribution in [0.5, 0.6) is 0 Å². The summed E-state index contributed by atoms with van der Waals surface area (Å²) < 4.78 is 28.5. The Kier molecular flexibility index (Phi) is 9.82. The van der Waals surface area contributed by atoms with Gasteiger partial charge in [0, 0.05) is 17.6 Å². The van der Waals surface area contributed by atoms with E-state index in [-0.39, 0.29) is 39.1 Å². The van der Waals surface area contributed by atoms with Crippen LogP contribution in [0.4, 0.5) is 5.69 Å². The maximum atomic E-state index is 13.9. The minimum atomic E-state index is -4.22. The van der Waals surface area contributed by atoms with Crippen molar-refractivity contribution in [3.05, 3.63) is 94.0 Å². The summed E-state index contributed by atoms with van der Waals surface area (Å²) in [6.45, 7) is 6.73. The summed E-state index contributed by atoms with van der Waals surface area (Å²) in [5.74, 6) is -0.925. The van der Waals surface area contributed by atoms with Crippen LogP contribution in [0.1, 0.15) is 31.9 Å². The van der Waals surface area contributed by atoms with Gasteiger partial charge in [0.05, 0.1) is 15.6 Å². The van der Waals surface area contributed by atoms with Gasteiger partial charge in [0.2, 0.25) is 11.8 Å². The molecule has 0 aliphatic carbocycles. The fraction of sp³-hybridized carbons (Fsp3) is 0.286. The second-order valence-electron chi connectivity index (χ2n) is 9.27. The van der Waals surface area contributed by atoms with E-state index in [9.17, 15) is 18.0 Å². The van der Waals surface area contributed by atoms with Gasteiger partial charge in [0.1, 0.15) is 12.6 Å². The minimum Gasteiger partial charge on any atom is -0.352 e. The number of hydrogen-bond acceptors (Lipinski definition) is 4. The molecule has 202 valence electrons. The molecule has 0 spiro atoms. The fourth-order valence-corrected chi connectivity index (χ4v) is 5.67. The molecule has 3 rings (SSSR count). The molecular weight excluding hydrogens is 545 g/mol. The zero-order valence-electron chi connectivity index (χ0n) is 21.7. The average Bonchev–Trinajstić information content (AvgIpc) is 2.88. The molecule has 10 heteroatoms. The average molecular weight is 577 g/mol. The molecule has 0 unspecified atom stereocenters. The Morgan fingerprint density at radius 2 is 1.55 bits per heavy atom. The highest BCUT2D eigenvalue weighted by molar-refractivity contribution is 7.92. The fourth-order valence-electron chi connectivity index (χ4n) is 3.79. The van der Waals surface area contributed by atoms with E-state index in [0.29, 0.717) is 0 Å². The lowest BCUT2D eigenvalue weighted by atomic mass is 10.1. The van der Waals surface area contributed by atoms with E-state index in [1.807, 2.05) is 45.0 Å². The lowest BCUT2D eigenvalue weighted by Gasteiger charge is -2.32. The van der Waals surface area contributed by atoms with Gasteiger partial charge < -0.3 is 10.2 Å². The number of hydrogen-bond donors (Lipinski definition) is 1. The number of nitrogens with one attached hydrogen (secondary N) is 1. The molecule has 0 bridgehead atoms. The van der Waals surface area contributed by atoms with Gasteiger partial charge in [-0.3, -0.25) is 13.9 Å². The number of carbonyl (C=O) groups excluding carboxylic acids is 2. The number of benzene rings is 3. The topological polar surface area (TPSA) is 86.8 Å². The van der Waals surface area contributed by atoms with Gasteiger partial charge in [-0.05, 0) is 63.6 Å². The summed E-state index contributed by atoms with van der Waals surface area (Å²) in [6.07, 6.45) is 0. The third-order valence-electron chi connectivity index (χ3n) is 5.86. The summed E-state index contributed by atoms with van der Waals surface area (Å²) in [5.41, 5.74) is 1.91. The highest BCUT2D eigenvalue weighted by Gasteiger charge is 2.33. The van der Waals surface area contributed by atoms with E-state index in [2.05, 4.69) is 5.32 Å². The summed E-state index contributed by atoms with van der Waals surface area (Å²) in [7, 11) is -4.22. The van der Waals surface area contributed by atoms with Gasteiger partial charge in [0.25, 0.3) is 10.0 Å². The van der Waals surface area contributed by atoms with Crippen LogP contribution in [0, 0.1) is 6.92 Å². The summed E-state index contributed by atoms with van der Waals surface area (Å²) in [6, 6.07) is 18.7. The van der Waals surface area contributed by atoms with Crippen molar-refractivity contribution in [3.63, 3.8) is 0 Å². The number of aryl methyl sites for hydroxylation is 1. The van der Waals surface area contributed by atoms with Crippen LogP contribution >= 0.6 is 23.2 Å². The van der Waals surface area contributed by atoms with Crippen molar-refractivity contribution in [3.8, 4) is 0 Å². The standard InChI is InChI=1S/C28H31Cl2N3O4S/c1-19(2)31-28(35)21(4)32(17-22-12-10-20(3)11-13-22)27(34)18-33(26-16-23(29)14-15-25(26)30)38(36,37)24-8-6-5-7-9-24/h5-16,19,21H,17-18H2,1-4H3,(H,31,35)/t21-/m0/s1. The van der Waals surface area contributed by atoms with Gasteiger partial charge in [-0.25, -0.2) is 8.42 Å². The normalized spacial score (nSPS) is 12.2. The molecule has 1 N–H and O–H groups in total. The first kappa shape index (κ1) is 29.5. The second kappa shape index (κ2) is 12.7. The molecule has 38 heavy (non-hydrogen) atoms. The lowest BCUT2D eigenvalue weighted by Crippen LogP contribution is -2.52. The molecule has 0 saturated heterocycles. The number of nitrogens with zero attached hydrogens (tertiary/aromatic N) is 2. The Morgan fingerprint density at radius 3 is 2.16 bits per heavy atom. The molecule has 0 fully saturated rings. The van der Waals surface area contributed by atoms with Crippen LogP contribution in [0.15, 0.2) is 77.7 Å². The third-order valence-corrected chi connectivity index (χ3v) is 8.19. The number of anilines is 1. The molecule has 3 aromatic carbocycles. The van der Waals surface area contributed by atoms with Crippen molar-refractivity contribution in [2.24, 2.45) is 0 Å². The van der Waals surface area contributed by atoms with Crippen molar-refractivity contribution in [1.29, 1.82) is 0 Å². The summed E-state index contributed by atoms with van der Waals surface area (Å²) in [4.78, 5) is 28.2. The van der Waals surface area contributed by atoms with Crippen molar-refractivity contribution >= 4 is 50.7 Å². The van der Waals surface area contributed by atoms with Crippen LogP contribution in [0.25, 0.3) is 0 Å². The van der Waals surface area contributed by atoms with Crippen molar-refractivity contribution in [1.82, 2.24) is 10.2 Å². The van der Waals surface area contributed by atoms with E-state index in [1.165, 1.54) is 35.2 Å². The largest absolute Gasteiger partial charge is 0.352 e. The van der Waals surface area contributed by atoms with Gasteiger partial charge in [0.15, 0.2) is 0 Å². The molecule has 2 amide bonds. The predicted octanol–water partition coefficient (Wildman–Crippen LogP) is 5.44. The second-order valence-corrected chi connectivity index (χ2v) is 12.0. The van der Waals surface area contributed by atoms with Gasteiger partial charge in [-0.15, -0.1) is 0 Å². The predicted molar refractivity (Wildman–Crippen MR) is 152 cm³/mol. The molecule has 0 saturated carbocycles. The number of rotatable bonds is 10. The van der Waals surface area contributed by atoms with Crippen molar-refractivity contribution in [2.45, 2.75) is 51.2 Å². The first-order valence-corrected chi connectivity index (χ1v) is 14.3. The Hall–Kier alpha value is -3.07. The molecule has 0 aliphatic heterocycles. The van der Waals surface area contributed by atoms with Crippen LogP contribution < -0.4 is 9.62 Å². The summed E-state index contributed by atoms with van der Waals surface area (Å²) in [5, 5.41) is 3.19. The van der Waals surface area contributed by atoms with Gasteiger partial charge in [-0.1, -0.05) is 71.2 Å². The van der Waals surface area contributed by atoms with E-state index < -0.39 is 28.5 Å². The third kappa shape index (κ3) is 7.28. The first-order valence-electron chi connectivity index (χ1n) is 12.1. The molecule has 0 radical (unpaired) electrons.